The molecule has 1 aromatic heterocycles. The molecule has 1 aliphatic carbocycles. The Hall–Kier alpha value is -2.68. The van der Waals surface area contributed by atoms with Crippen LogP contribution in [0.3, 0.4) is 0 Å². The van der Waals surface area contributed by atoms with Gasteiger partial charge in [0.05, 0.1) is 17.3 Å². The molecule has 2 unspecified atom stereocenters. The third-order valence-corrected chi connectivity index (χ3v) is 4.98. The van der Waals surface area contributed by atoms with Gasteiger partial charge in [0.1, 0.15) is 17.7 Å². The normalized spacial score (nSPS) is 21.4. The topological polar surface area (TPSA) is 57.2 Å². The van der Waals surface area contributed by atoms with Crippen molar-refractivity contribution in [1.29, 1.82) is 0 Å². The van der Waals surface area contributed by atoms with Crippen LogP contribution < -0.4 is 5.32 Å². The summed E-state index contributed by atoms with van der Waals surface area (Å²) in [6.07, 6.45) is -0.234. The Bertz CT molecular complexity index is 1050. The van der Waals surface area contributed by atoms with Gasteiger partial charge in [-0.1, -0.05) is 34.1 Å². The molecule has 1 aliphatic heterocycles. The maximum Gasteiger partial charge on any atom is 0.417 e. The van der Waals surface area contributed by atoms with E-state index in [0.29, 0.717) is 16.0 Å². The minimum absolute atomic E-state index is 0.0545. The molecule has 0 amide bonds. The smallest absolute Gasteiger partial charge is 0.360 e. The van der Waals surface area contributed by atoms with Gasteiger partial charge in [-0.3, -0.25) is 9.79 Å². The lowest BCUT2D eigenvalue weighted by molar-refractivity contribution is -0.137. The van der Waals surface area contributed by atoms with Crippen LogP contribution in [0.25, 0.3) is 0 Å². The van der Waals surface area contributed by atoms with E-state index in [2.05, 4.69) is 31.2 Å². The number of aromatic nitrogens is 1. The number of benzene rings is 1. The molecular weight excluding hydrogens is 442 g/mol. The minimum atomic E-state index is -4.64. The van der Waals surface area contributed by atoms with E-state index >= 15 is 0 Å². The molecule has 4 rings (SSSR count). The molecule has 2 aromatic rings. The summed E-state index contributed by atoms with van der Waals surface area (Å²) >= 11 is 3.22. The number of ketones is 1. The number of hydrogen-bond donors (Lipinski definition) is 2. The molecule has 2 aliphatic rings. The molecule has 2 N–H and O–H groups in total. The lowest BCUT2D eigenvalue weighted by Gasteiger charge is -2.17. The van der Waals surface area contributed by atoms with E-state index in [0.717, 1.165) is 12.1 Å². The van der Waals surface area contributed by atoms with Gasteiger partial charge < -0.3 is 10.3 Å². The lowest BCUT2D eigenvalue weighted by atomic mass is 9.99. The van der Waals surface area contributed by atoms with Crippen molar-refractivity contribution in [3.8, 4) is 0 Å². The van der Waals surface area contributed by atoms with Gasteiger partial charge in [0.15, 0.2) is 5.78 Å². The van der Waals surface area contributed by atoms with E-state index in [9.17, 15) is 22.4 Å². The molecule has 0 saturated heterocycles. The molecule has 28 heavy (non-hydrogen) atoms. The van der Waals surface area contributed by atoms with Crippen LogP contribution in [0.4, 0.5) is 17.6 Å². The number of aromatic amines is 1. The molecule has 9 heteroatoms. The second kappa shape index (κ2) is 6.73. The third kappa shape index (κ3) is 3.30. The molecule has 4 nitrogen and oxygen atoms in total. The Kier molecular flexibility index (Phi) is 4.49. The van der Waals surface area contributed by atoms with Crippen molar-refractivity contribution in [1.82, 2.24) is 10.3 Å². The second-order valence-corrected chi connectivity index (χ2v) is 7.26. The number of nitrogens with one attached hydrogen (secondary N) is 2. The number of rotatable bonds is 3. The summed E-state index contributed by atoms with van der Waals surface area (Å²) < 4.78 is 54.2. The average Bonchev–Trinajstić information content (AvgIpc) is 3.27. The molecular formula is C19H12BrF4N3O. The highest BCUT2D eigenvalue weighted by Gasteiger charge is 2.36. The highest BCUT2D eigenvalue weighted by Crippen LogP contribution is 2.33. The van der Waals surface area contributed by atoms with Crippen molar-refractivity contribution >= 4 is 27.5 Å². The first-order valence-corrected chi connectivity index (χ1v) is 9.02. The van der Waals surface area contributed by atoms with Crippen molar-refractivity contribution in [2.45, 2.75) is 18.3 Å². The van der Waals surface area contributed by atoms with Crippen molar-refractivity contribution < 1.29 is 22.4 Å². The van der Waals surface area contributed by atoms with Crippen LogP contribution in [0.5, 0.6) is 0 Å². The number of fused-ring (bicyclic) bond motifs is 1. The van der Waals surface area contributed by atoms with Crippen molar-refractivity contribution in [3.05, 3.63) is 81.4 Å². The fourth-order valence-corrected chi connectivity index (χ4v) is 3.69. The first-order chi connectivity index (χ1) is 13.2. The first-order valence-electron chi connectivity index (χ1n) is 8.22. The van der Waals surface area contributed by atoms with Crippen LogP contribution in [0, 0.1) is 0 Å². The van der Waals surface area contributed by atoms with Gasteiger partial charge in [-0.2, -0.15) is 13.2 Å². The van der Waals surface area contributed by atoms with Gasteiger partial charge in [-0.15, -0.1) is 0 Å². The van der Waals surface area contributed by atoms with E-state index < -0.39 is 35.0 Å². The number of nitrogens with zero attached hydrogens (tertiary/aromatic N) is 1. The van der Waals surface area contributed by atoms with E-state index in [1.807, 2.05) is 0 Å². The van der Waals surface area contributed by atoms with Crippen LogP contribution in [0.2, 0.25) is 0 Å². The highest BCUT2D eigenvalue weighted by molar-refractivity contribution is 9.11. The summed E-state index contributed by atoms with van der Waals surface area (Å²) in [5.41, 5.74) is -0.984. The van der Waals surface area contributed by atoms with Crippen molar-refractivity contribution in [2.24, 2.45) is 4.99 Å². The summed E-state index contributed by atoms with van der Waals surface area (Å²) in [5.74, 6) is -0.843. The Morgan fingerprint density at radius 1 is 1.21 bits per heavy atom. The Balaban J connectivity index is 1.63. The number of H-pyrrole nitrogens is 1. The molecule has 1 aromatic carbocycles. The van der Waals surface area contributed by atoms with Gasteiger partial charge in [0.2, 0.25) is 0 Å². The summed E-state index contributed by atoms with van der Waals surface area (Å²) in [6.45, 7) is 0. The number of hydrogen-bond acceptors (Lipinski definition) is 3. The standard InChI is InChI=1S/C19H12BrF4N3O/c20-10-6-13(21)16-14(7-10)26-18(27-16)15-5-9(8-25-15)17(28)11-3-1-2-4-12(11)19(22,23)24/h1-8,14,16,25H,(H,26,27). The monoisotopic (exact) mass is 453 g/mol. The van der Waals surface area contributed by atoms with E-state index in [1.165, 1.54) is 30.5 Å². The van der Waals surface area contributed by atoms with Gasteiger partial charge in [-0.25, -0.2) is 4.39 Å². The molecule has 144 valence electrons. The van der Waals surface area contributed by atoms with Gasteiger partial charge in [-0.05, 0) is 24.3 Å². The number of carbonyl (C=O) groups is 1. The summed E-state index contributed by atoms with van der Waals surface area (Å²) in [5, 5.41) is 3.04. The summed E-state index contributed by atoms with van der Waals surface area (Å²) in [7, 11) is 0. The van der Waals surface area contributed by atoms with Crippen molar-refractivity contribution in [3.63, 3.8) is 0 Å². The Morgan fingerprint density at radius 2 is 1.96 bits per heavy atom. The molecule has 2 heterocycles. The minimum Gasteiger partial charge on any atom is -0.360 e. The average molecular weight is 454 g/mol. The largest absolute Gasteiger partial charge is 0.417 e. The van der Waals surface area contributed by atoms with Gasteiger partial charge in [0, 0.05) is 21.8 Å². The quantitative estimate of drug-likeness (QED) is 0.531. The molecule has 0 fully saturated rings. The summed E-state index contributed by atoms with van der Waals surface area (Å²) in [6, 6.07) is 4.91. The lowest BCUT2D eigenvalue weighted by Crippen LogP contribution is -2.35. The van der Waals surface area contributed by atoms with Gasteiger partial charge in [0.25, 0.3) is 0 Å². The Morgan fingerprint density at radius 3 is 2.71 bits per heavy atom. The zero-order valence-corrected chi connectivity index (χ0v) is 15.6. The van der Waals surface area contributed by atoms with E-state index in [1.54, 1.807) is 6.08 Å². The van der Waals surface area contributed by atoms with E-state index in [4.69, 9.17) is 0 Å². The third-order valence-electron chi connectivity index (χ3n) is 4.49. The number of alkyl halides is 3. The number of halogens is 5. The number of allylic oxidation sites excluding steroid dienone is 2. The molecule has 0 radical (unpaired) electrons. The maximum atomic E-state index is 14.1. The predicted octanol–water partition coefficient (Wildman–Crippen LogP) is 4.50. The van der Waals surface area contributed by atoms with Crippen LogP contribution in [-0.4, -0.2) is 28.7 Å². The van der Waals surface area contributed by atoms with Gasteiger partial charge >= 0.3 is 6.18 Å². The predicted molar refractivity (Wildman–Crippen MR) is 99.1 cm³/mol. The fourth-order valence-electron chi connectivity index (χ4n) is 3.19. The second-order valence-electron chi connectivity index (χ2n) is 6.35. The maximum absolute atomic E-state index is 14.1. The van der Waals surface area contributed by atoms with Crippen LogP contribution in [0.1, 0.15) is 27.2 Å². The number of carbonyl (C=O) groups excluding carboxylic acids is 1. The number of aliphatic imine (C=N–C) groups is 1. The highest BCUT2D eigenvalue weighted by atomic mass is 79.9. The zero-order chi connectivity index (χ0) is 20.1. The SMILES string of the molecule is O=C(c1c[nH]c(C2=NC3C(F)=CC(Br)=CC3N2)c1)c1ccccc1C(F)(F)F. The molecule has 2 atom stereocenters. The van der Waals surface area contributed by atoms with Crippen LogP contribution in [-0.2, 0) is 6.18 Å². The zero-order valence-electron chi connectivity index (χ0n) is 14.0. The molecule has 0 saturated carbocycles. The van der Waals surface area contributed by atoms with Crippen LogP contribution in [0.15, 0.2) is 64.0 Å². The Labute approximate surface area is 165 Å². The molecule has 0 bridgehead atoms. The van der Waals surface area contributed by atoms with Crippen LogP contribution >= 0.6 is 15.9 Å². The van der Waals surface area contributed by atoms with E-state index in [-0.39, 0.29) is 11.6 Å². The number of amidine groups is 1. The molecule has 0 spiro atoms. The first kappa shape index (κ1) is 18.7. The fraction of sp³-hybridized carbons (Fsp3) is 0.158. The summed E-state index contributed by atoms with van der Waals surface area (Å²) in [4.78, 5) is 19.7. The van der Waals surface area contributed by atoms with Crippen molar-refractivity contribution in [2.75, 3.05) is 0 Å².